The molecule has 1 unspecified atom stereocenters. The van der Waals surface area contributed by atoms with Gasteiger partial charge in [-0.2, -0.15) is 0 Å². The van der Waals surface area contributed by atoms with Gasteiger partial charge in [-0.15, -0.1) is 0 Å². The number of nitrogens with zero attached hydrogens (tertiary/aromatic N) is 1. The zero-order chi connectivity index (χ0) is 11.2. The molecule has 0 bridgehead atoms. The van der Waals surface area contributed by atoms with Crippen LogP contribution in [0.3, 0.4) is 0 Å². The predicted molar refractivity (Wildman–Crippen MR) is 61.6 cm³/mol. The zero-order valence-corrected chi connectivity index (χ0v) is 10.3. The van der Waals surface area contributed by atoms with Gasteiger partial charge in [0.05, 0.1) is 5.60 Å². The van der Waals surface area contributed by atoms with E-state index in [-0.39, 0.29) is 0 Å². The predicted octanol–water partition coefficient (Wildman–Crippen LogP) is 1.08. The maximum atomic E-state index is 10.0. The van der Waals surface area contributed by atoms with Crippen LogP contribution in [0.25, 0.3) is 0 Å². The minimum Gasteiger partial charge on any atom is -0.389 e. The molecule has 0 aromatic carbocycles. The van der Waals surface area contributed by atoms with E-state index in [2.05, 4.69) is 31.2 Å². The van der Waals surface area contributed by atoms with Crippen molar-refractivity contribution in [2.45, 2.75) is 45.3 Å². The van der Waals surface area contributed by atoms with Crippen LogP contribution in [0.5, 0.6) is 0 Å². The van der Waals surface area contributed by atoms with Crippen molar-refractivity contribution in [1.82, 2.24) is 10.2 Å². The molecular formula is C11H26N2O. The lowest BCUT2D eigenvalue weighted by Gasteiger charge is -2.28. The normalized spacial score (nSPS) is 14.8. The van der Waals surface area contributed by atoms with Gasteiger partial charge >= 0.3 is 0 Å². The van der Waals surface area contributed by atoms with Crippen LogP contribution in [0.1, 0.15) is 33.6 Å². The van der Waals surface area contributed by atoms with Gasteiger partial charge in [-0.1, -0.05) is 13.8 Å². The summed E-state index contributed by atoms with van der Waals surface area (Å²) in [6, 6.07) is 0.426. The number of nitrogens with one attached hydrogen (secondary N) is 1. The Morgan fingerprint density at radius 3 is 2.14 bits per heavy atom. The van der Waals surface area contributed by atoms with Gasteiger partial charge in [-0.25, -0.2) is 0 Å². The Kier molecular flexibility index (Phi) is 6.33. The third-order valence-electron chi connectivity index (χ3n) is 2.73. The van der Waals surface area contributed by atoms with E-state index >= 15 is 0 Å². The molecule has 3 heteroatoms. The number of hydrogen-bond donors (Lipinski definition) is 2. The van der Waals surface area contributed by atoms with Crippen molar-refractivity contribution >= 4 is 0 Å². The Balaban J connectivity index is 3.79. The number of hydrogen-bond acceptors (Lipinski definition) is 3. The second-order valence-corrected chi connectivity index (χ2v) is 4.48. The minimum absolute atomic E-state index is 0.426. The van der Waals surface area contributed by atoms with Crippen molar-refractivity contribution in [2.75, 3.05) is 27.2 Å². The zero-order valence-electron chi connectivity index (χ0n) is 10.3. The Morgan fingerprint density at radius 2 is 1.79 bits per heavy atom. The van der Waals surface area contributed by atoms with Gasteiger partial charge in [0.15, 0.2) is 0 Å². The van der Waals surface area contributed by atoms with E-state index < -0.39 is 5.60 Å². The SMILES string of the molecule is CCC(O)(CC)CNC(C)CN(C)C. The fourth-order valence-corrected chi connectivity index (χ4v) is 1.48. The van der Waals surface area contributed by atoms with E-state index in [9.17, 15) is 5.11 Å². The van der Waals surface area contributed by atoms with Crippen molar-refractivity contribution in [1.29, 1.82) is 0 Å². The van der Waals surface area contributed by atoms with Crippen LogP contribution >= 0.6 is 0 Å². The van der Waals surface area contributed by atoms with E-state index in [1.165, 1.54) is 0 Å². The van der Waals surface area contributed by atoms with Crippen LogP contribution in [0, 0.1) is 0 Å². The summed E-state index contributed by atoms with van der Waals surface area (Å²) in [5, 5.41) is 13.4. The molecule has 0 heterocycles. The second kappa shape index (κ2) is 6.38. The highest BCUT2D eigenvalue weighted by Crippen LogP contribution is 2.12. The average molecular weight is 202 g/mol. The quantitative estimate of drug-likeness (QED) is 0.648. The van der Waals surface area contributed by atoms with Crippen molar-refractivity contribution in [3.63, 3.8) is 0 Å². The first-order valence-corrected chi connectivity index (χ1v) is 5.54. The molecule has 0 aliphatic carbocycles. The molecule has 0 aromatic rings. The molecule has 2 N–H and O–H groups in total. The maximum Gasteiger partial charge on any atom is 0.0766 e. The summed E-state index contributed by atoms with van der Waals surface area (Å²) < 4.78 is 0. The van der Waals surface area contributed by atoms with E-state index in [4.69, 9.17) is 0 Å². The fraction of sp³-hybridized carbons (Fsp3) is 1.00. The Bertz CT molecular complexity index is 144. The van der Waals surface area contributed by atoms with Gasteiger partial charge in [0.1, 0.15) is 0 Å². The van der Waals surface area contributed by atoms with Crippen LogP contribution < -0.4 is 5.32 Å². The van der Waals surface area contributed by atoms with E-state index in [0.29, 0.717) is 12.6 Å². The van der Waals surface area contributed by atoms with Crippen molar-refractivity contribution < 1.29 is 5.11 Å². The molecule has 0 aliphatic rings. The second-order valence-electron chi connectivity index (χ2n) is 4.48. The summed E-state index contributed by atoms with van der Waals surface area (Å²) in [6.07, 6.45) is 1.62. The summed E-state index contributed by atoms with van der Waals surface area (Å²) in [5.74, 6) is 0. The summed E-state index contributed by atoms with van der Waals surface area (Å²) in [6.45, 7) is 7.90. The van der Waals surface area contributed by atoms with Gasteiger partial charge in [-0.3, -0.25) is 0 Å². The van der Waals surface area contributed by atoms with Gasteiger partial charge < -0.3 is 15.3 Å². The maximum absolute atomic E-state index is 10.0. The van der Waals surface area contributed by atoms with Crippen LogP contribution in [0.2, 0.25) is 0 Å². The molecule has 0 aromatic heterocycles. The average Bonchev–Trinajstić information content (AvgIpc) is 2.13. The lowest BCUT2D eigenvalue weighted by molar-refractivity contribution is 0.0296. The van der Waals surface area contributed by atoms with Crippen LogP contribution in [-0.4, -0.2) is 48.8 Å². The molecule has 0 aliphatic heterocycles. The first kappa shape index (κ1) is 13.9. The molecule has 0 saturated heterocycles. The summed E-state index contributed by atoms with van der Waals surface area (Å²) in [4.78, 5) is 2.15. The molecule has 0 saturated carbocycles. The lowest BCUT2D eigenvalue weighted by atomic mass is 9.97. The van der Waals surface area contributed by atoms with Crippen LogP contribution in [0.4, 0.5) is 0 Å². The molecule has 1 atom stereocenters. The monoisotopic (exact) mass is 202 g/mol. The van der Waals surface area contributed by atoms with E-state index in [0.717, 1.165) is 19.4 Å². The molecular weight excluding hydrogens is 176 g/mol. The highest BCUT2D eigenvalue weighted by atomic mass is 16.3. The molecule has 0 spiro atoms. The van der Waals surface area contributed by atoms with Gasteiger partial charge in [0.25, 0.3) is 0 Å². The molecule has 0 amide bonds. The molecule has 86 valence electrons. The highest BCUT2D eigenvalue weighted by Gasteiger charge is 2.22. The summed E-state index contributed by atoms with van der Waals surface area (Å²) in [7, 11) is 4.12. The number of likely N-dealkylation sites (N-methyl/N-ethyl adjacent to an activating group) is 1. The van der Waals surface area contributed by atoms with Crippen molar-refractivity contribution in [2.24, 2.45) is 0 Å². The Labute approximate surface area is 88.5 Å². The molecule has 0 fully saturated rings. The summed E-state index contributed by atoms with van der Waals surface area (Å²) >= 11 is 0. The highest BCUT2D eigenvalue weighted by molar-refractivity contribution is 4.79. The molecule has 14 heavy (non-hydrogen) atoms. The van der Waals surface area contributed by atoms with E-state index in [1.807, 2.05) is 13.8 Å². The first-order chi connectivity index (χ1) is 6.43. The first-order valence-electron chi connectivity index (χ1n) is 5.54. The molecule has 3 nitrogen and oxygen atoms in total. The van der Waals surface area contributed by atoms with Gasteiger partial charge in [-0.05, 0) is 33.9 Å². The van der Waals surface area contributed by atoms with Crippen molar-refractivity contribution in [3.8, 4) is 0 Å². The minimum atomic E-state index is -0.527. The third kappa shape index (κ3) is 5.58. The van der Waals surface area contributed by atoms with Crippen LogP contribution in [-0.2, 0) is 0 Å². The summed E-state index contributed by atoms with van der Waals surface area (Å²) in [5.41, 5.74) is -0.527. The molecule has 0 radical (unpaired) electrons. The lowest BCUT2D eigenvalue weighted by Crippen LogP contribution is -2.45. The number of rotatable bonds is 7. The van der Waals surface area contributed by atoms with Gasteiger partial charge in [0, 0.05) is 19.1 Å². The Hall–Kier alpha value is -0.120. The third-order valence-corrected chi connectivity index (χ3v) is 2.73. The topological polar surface area (TPSA) is 35.5 Å². The Morgan fingerprint density at radius 1 is 1.29 bits per heavy atom. The van der Waals surface area contributed by atoms with Gasteiger partial charge in [0.2, 0.25) is 0 Å². The fourth-order valence-electron chi connectivity index (χ4n) is 1.48. The van der Waals surface area contributed by atoms with E-state index in [1.54, 1.807) is 0 Å². The van der Waals surface area contributed by atoms with Crippen LogP contribution in [0.15, 0.2) is 0 Å². The van der Waals surface area contributed by atoms with Crippen molar-refractivity contribution in [3.05, 3.63) is 0 Å². The smallest absolute Gasteiger partial charge is 0.0766 e. The standard InChI is InChI=1S/C11H26N2O/c1-6-11(14,7-2)9-12-10(3)8-13(4)5/h10,12,14H,6-9H2,1-5H3. The largest absolute Gasteiger partial charge is 0.389 e. The molecule has 0 rings (SSSR count). The number of aliphatic hydroxyl groups is 1.